The second kappa shape index (κ2) is 6.09. The summed E-state index contributed by atoms with van der Waals surface area (Å²) in [6.07, 6.45) is 9.56. The Morgan fingerprint density at radius 1 is 0.750 bits per heavy atom. The summed E-state index contributed by atoms with van der Waals surface area (Å²) in [5.74, 6) is 1.38. The van der Waals surface area contributed by atoms with Crippen molar-refractivity contribution in [2.24, 2.45) is 0 Å². The highest BCUT2D eigenvalue weighted by molar-refractivity contribution is 5.73. The molecule has 0 saturated carbocycles. The van der Waals surface area contributed by atoms with Crippen LogP contribution in [0.1, 0.15) is 48.4 Å². The molecule has 0 atom stereocenters. The summed E-state index contributed by atoms with van der Waals surface area (Å²) in [5.41, 5.74) is 5.60. The van der Waals surface area contributed by atoms with Gasteiger partial charge in [-0.2, -0.15) is 0 Å². The molecule has 0 bridgehead atoms. The van der Waals surface area contributed by atoms with Gasteiger partial charge in [0.1, 0.15) is 0 Å². The lowest BCUT2D eigenvalue weighted by atomic mass is 9.88. The smallest absolute Gasteiger partial charge is 0.0566 e. The summed E-state index contributed by atoms with van der Waals surface area (Å²) < 4.78 is 0. The summed E-state index contributed by atoms with van der Waals surface area (Å²) in [6.45, 7) is 2.26. The van der Waals surface area contributed by atoms with Crippen LogP contribution < -0.4 is 0 Å². The van der Waals surface area contributed by atoms with Crippen molar-refractivity contribution in [3.05, 3.63) is 82.8 Å². The van der Waals surface area contributed by atoms with Crippen LogP contribution in [0.4, 0.5) is 0 Å². The predicted molar refractivity (Wildman–Crippen MR) is 86.6 cm³/mol. The SMILES string of the molecule is CCCCCc1ccccc1[C]1C=Cc2ccccc21. The van der Waals surface area contributed by atoms with Gasteiger partial charge in [0.15, 0.2) is 0 Å². The standard InChI is InChI=1S/C20H21/c1-2-3-4-9-16-10-5-7-12-18(16)20-15-14-17-11-6-8-13-19(17)20/h5-8,10-15H,2-4,9H2,1H3. The van der Waals surface area contributed by atoms with Crippen LogP contribution in [0.15, 0.2) is 54.6 Å². The third kappa shape index (κ3) is 2.56. The van der Waals surface area contributed by atoms with Gasteiger partial charge in [-0.1, -0.05) is 80.4 Å². The molecule has 1 radical (unpaired) electrons. The number of hydrogen-bond acceptors (Lipinski definition) is 0. The van der Waals surface area contributed by atoms with Crippen LogP contribution in [-0.4, -0.2) is 0 Å². The first kappa shape index (κ1) is 13.2. The zero-order valence-corrected chi connectivity index (χ0v) is 12.1. The maximum Gasteiger partial charge on any atom is 0.0566 e. The number of aryl methyl sites for hydroxylation is 1. The molecular formula is C20H21. The molecule has 3 rings (SSSR count). The number of benzene rings is 2. The number of fused-ring (bicyclic) bond motifs is 1. The van der Waals surface area contributed by atoms with Crippen molar-refractivity contribution in [1.29, 1.82) is 0 Å². The summed E-state index contributed by atoms with van der Waals surface area (Å²) in [4.78, 5) is 0. The average Bonchev–Trinajstić information content (AvgIpc) is 2.92. The molecule has 0 spiro atoms. The van der Waals surface area contributed by atoms with Crippen LogP contribution in [0.3, 0.4) is 0 Å². The van der Waals surface area contributed by atoms with Gasteiger partial charge in [0.25, 0.3) is 0 Å². The topological polar surface area (TPSA) is 0 Å². The third-order valence-corrected chi connectivity index (χ3v) is 4.04. The van der Waals surface area contributed by atoms with E-state index in [0.29, 0.717) is 0 Å². The van der Waals surface area contributed by atoms with E-state index in [0.717, 1.165) is 0 Å². The average molecular weight is 261 g/mol. The number of rotatable bonds is 5. The second-order valence-corrected chi connectivity index (χ2v) is 5.45. The van der Waals surface area contributed by atoms with E-state index in [2.05, 4.69) is 67.6 Å². The Balaban J connectivity index is 1.90. The molecule has 2 aromatic carbocycles. The minimum absolute atomic E-state index is 1.18. The fourth-order valence-corrected chi connectivity index (χ4v) is 2.95. The van der Waals surface area contributed by atoms with E-state index in [-0.39, 0.29) is 0 Å². The lowest BCUT2D eigenvalue weighted by molar-refractivity contribution is 0.715. The van der Waals surface area contributed by atoms with Gasteiger partial charge in [-0.05, 0) is 35.1 Å². The van der Waals surface area contributed by atoms with Crippen molar-refractivity contribution in [3.8, 4) is 0 Å². The molecule has 0 aliphatic heterocycles. The van der Waals surface area contributed by atoms with E-state index in [9.17, 15) is 0 Å². The van der Waals surface area contributed by atoms with Crippen molar-refractivity contribution in [3.63, 3.8) is 0 Å². The van der Waals surface area contributed by atoms with Crippen LogP contribution in [0.25, 0.3) is 6.08 Å². The zero-order chi connectivity index (χ0) is 13.8. The maximum atomic E-state index is 2.28. The maximum absolute atomic E-state index is 2.28. The summed E-state index contributed by atoms with van der Waals surface area (Å²) in [6, 6.07) is 17.5. The fourth-order valence-electron chi connectivity index (χ4n) is 2.95. The molecule has 20 heavy (non-hydrogen) atoms. The normalized spacial score (nSPS) is 13.7. The largest absolute Gasteiger partial charge is 0.0674 e. The highest BCUT2D eigenvalue weighted by Gasteiger charge is 2.21. The minimum Gasteiger partial charge on any atom is -0.0674 e. The van der Waals surface area contributed by atoms with Crippen molar-refractivity contribution in [2.75, 3.05) is 0 Å². The van der Waals surface area contributed by atoms with Crippen LogP contribution in [0.2, 0.25) is 0 Å². The molecule has 0 saturated heterocycles. The minimum atomic E-state index is 1.18. The highest BCUT2D eigenvalue weighted by Crippen LogP contribution is 2.36. The van der Waals surface area contributed by atoms with E-state index in [4.69, 9.17) is 0 Å². The Kier molecular flexibility index (Phi) is 4.01. The molecule has 0 amide bonds. The number of hydrogen-bond donors (Lipinski definition) is 0. The molecule has 0 heterocycles. The van der Waals surface area contributed by atoms with Crippen LogP contribution in [0.5, 0.6) is 0 Å². The molecule has 0 N–H and O–H groups in total. The van der Waals surface area contributed by atoms with Crippen molar-refractivity contribution < 1.29 is 0 Å². The van der Waals surface area contributed by atoms with Gasteiger partial charge in [-0.15, -0.1) is 0 Å². The van der Waals surface area contributed by atoms with E-state index in [1.807, 2.05) is 0 Å². The molecule has 0 heteroatoms. The molecule has 2 aromatic rings. The third-order valence-electron chi connectivity index (χ3n) is 4.04. The second-order valence-electron chi connectivity index (χ2n) is 5.45. The van der Waals surface area contributed by atoms with E-state index >= 15 is 0 Å². The molecule has 1 aliphatic carbocycles. The Morgan fingerprint density at radius 2 is 1.50 bits per heavy atom. The van der Waals surface area contributed by atoms with Crippen molar-refractivity contribution in [2.45, 2.75) is 32.6 Å². The monoisotopic (exact) mass is 261 g/mol. The molecule has 0 nitrogen and oxygen atoms in total. The predicted octanol–water partition coefficient (Wildman–Crippen LogP) is 5.42. The van der Waals surface area contributed by atoms with E-state index in [1.165, 1.54) is 53.9 Å². The number of unbranched alkanes of at least 4 members (excludes halogenated alkanes) is 2. The molecule has 101 valence electrons. The van der Waals surface area contributed by atoms with Gasteiger partial charge in [0, 0.05) is 0 Å². The number of allylic oxidation sites excluding steroid dienone is 1. The van der Waals surface area contributed by atoms with Crippen molar-refractivity contribution >= 4 is 6.08 Å². The van der Waals surface area contributed by atoms with Crippen LogP contribution in [-0.2, 0) is 6.42 Å². The van der Waals surface area contributed by atoms with Gasteiger partial charge < -0.3 is 0 Å². The Hall–Kier alpha value is -1.82. The van der Waals surface area contributed by atoms with Crippen LogP contribution >= 0.6 is 0 Å². The lowest BCUT2D eigenvalue weighted by Crippen LogP contribution is -2.02. The first-order chi connectivity index (χ1) is 9.90. The van der Waals surface area contributed by atoms with Gasteiger partial charge in [-0.3, -0.25) is 0 Å². The summed E-state index contributed by atoms with van der Waals surface area (Å²) in [7, 11) is 0. The quantitative estimate of drug-likeness (QED) is 0.631. The van der Waals surface area contributed by atoms with E-state index < -0.39 is 0 Å². The van der Waals surface area contributed by atoms with Crippen molar-refractivity contribution in [1.82, 2.24) is 0 Å². The Labute approximate surface area is 122 Å². The van der Waals surface area contributed by atoms with Gasteiger partial charge in [-0.25, -0.2) is 0 Å². The first-order valence-electron chi connectivity index (χ1n) is 7.63. The summed E-state index contributed by atoms with van der Waals surface area (Å²) >= 11 is 0. The Bertz CT molecular complexity index is 607. The first-order valence-corrected chi connectivity index (χ1v) is 7.63. The molecule has 0 unspecified atom stereocenters. The van der Waals surface area contributed by atoms with Gasteiger partial charge >= 0.3 is 0 Å². The van der Waals surface area contributed by atoms with E-state index in [1.54, 1.807) is 0 Å². The lowest BCUT2D eigenvalue weighted by Gasteiger charge is -2.15. The molecule has 0 fully saturated rings. The molecule has 1 aliphatic rings. The summed E-state index contributed by atoms with van der Waals surface area (Å²) in [5, 5.41) is 0. The molecule has 0 aromatic heterocycles. The molecular weight excluding hydrogens is 240 g/mol. The van der Waals surface area contributed by atoms with Gasteiger partial charge in [0.05, 0.1) is 5.92 Å². The fraction of sp³-hybridized carbons (Fsp3) is 0.250. The van der Waals surface area contributed by atoms with Crippen LogP contribution in [0, 0.1) is 5.92 Å². The highest BCUT2D eigenvalue weighted by atomic mass is 14.2. The van der Waals surface area contributed by atoms with Gasteiger partial charge in [0.2, 0.25) is 0 Å². The Morgan fingerprint density at radius 3 is 2.35 bits per heavy atom. The zero-order valence-electron chi connectivity index (χ0n) is 12.1.